The third kappa shape index (κ3) is 6.83. The first-order valence-electron chi connectivity index (χ1n) is 11.3. The highest BCUT2D eigenvalue weighted by Crippen LogP contribution is 2.28. The van der Waals surface area contributed by atoms with Gasteiger partial charge in [0, 0.05) is 37.7 Å². The molecule has 1 aliphatic heterocycles. The van der Waals surface area contributed by atoms with Gasteiger partial charge in [0.25, 0.3) is 0 Å². The lowest BCUT2D eigenvalue weighted by molar-refractivity contribution is 0.132. The number of aryl methyl sites for hydroxylation is 1. The predicted octanol–water partition coefficient (Wildman–Crippen LogP) is 5.93. The molecule has 0 amide bonds. The summed E-state index contributed by atoms with van der Waals surface area (Å²) in [5.74, 6) is 1.75. The minimum atomic E-state index is 0.763. The molecule has 0 atom stereocenters. The Morgan fingerprint density at radius 1 is 0.710 bits per heavy atom. The smallest absolute Gasteiger partial charge is 0.130 e. The molecule has 0 spiro atoms. The Bertz CT molecular complexity index is 924. The quantitative estimate of drug-likeness (QED) is 0.415. The number of ether oxygens (including phenoxy) is 1. The number of nitrogens with zero attached hydrogens (tertiary/aromatic N) is 2. The summed E-state index contributed by atoms with van der Waals surface area (Å²) in [6, 6.07) is 26.7. The maximum Gasteiger partial charge on any atom is 0.130 e. The van der Waals surface area contributed by atoms with Gasteiger partial charge >= 0.3 is 0 Å². The van der Waals surface area contributed by atoms with Crippen LogP contribution in [0.25, 0.3) is 0 Å². The zero-order valence-corrected chi connectivity index (χ0v) is 18.8. The predicted molar refractivity (Wildman–Crippen MR) is 129 cm³/mol. The molecule has 3 nitrogen and oxygen atoms in total. The van der Waals surface area contributed by atoms with Crippen LogP contribution in [-0.4, -0.2) is 49.1 Å². The second kappa shape index (κ2) is 11.3. The Balaban J connectivity index is 1.23. The molecule has 3 aromatic carbocycles. The van der Waals surface area contributed by atoms with E-state index in [9.17, 15) is 0 Å². The zero-order valence-electron chi connectivity index (χ0n) is 18.1. The highest BCUT2D eigenvalue weighted by molar-refractivity contribution is 6.30. The molecule has 1 saturated heterocycles. The molecule has 3 aromatic rings. The number of hydrogen-bond donors (Lipinski definition) is 0. The minimum absolute atomic E-state index is 0.763. The lowest BCUT2D eigenvalue weighted by atomic mass is 10.1. The fourth-order valence-corrected chi connectivity index (χ4v) is 4.32. The number of para-hydroxylation sites is 1. The van der Waals surface area contributed by atoms with Crippen LogP contribution in [0.1, 0.15) is 17.5 Å². The van der Waals surface area contributed by atoms with Gasteiger partial charge in [-0.2, -0.15) is 0 Å². The average Bonchev–Trinajstić information content (AvgIpc) is 2.81. The first kappa shape index (κ1) is 21.9. The Labute approximate surface area is 191 Å². The van der Waals surface area contributed by atoms with Crippen molar-refractivity contribution in [3.05, 3.63) is 95.0 Å². The van der Waals surface area contributed by atoms with Gasteiger partial charge in [-0.3, -0.25) is 0 Å². The maximum absolute atomic E-state index is 6.28. The molecule has 0 radical (unpaired) electrons. The average molecular weight is 435 g/mol. The highest BCUT2D eigenvalue weighted by atomic mass is 35.5. The normalized spacial score (nSPS) is 15.1. The third-order valence-electron chi connectivity index (χ3n) is 5.94. The molecule has 0 unspecified atom stereocenters. The van der Waals surface area contributed by atoms with E-state index in [-0.39, 0.29) is 0 Å². The van der Waals surface area contributed by atoms with Crippen LogP contribution in [0.2, 0.25) is 5.02 Å². The van der Waals surface area contributed by atoms with Crippen LogP contribution in [0.15, 0.2) is 78.9 Å². The van der Waals surface area contributed by atoms with Crippen molar-refractivity contribution in [1.29, 1.82) is 0 Å². The van der Waals surface area contributed by atoms with Crippen LogP contribution >= 0.6 is 11.6 Å². The van der Waals surface area contributed by atoms with E-state index in [2.05, 4.69) is 40.1 Å². The molecule has 0 aliphatic carbocycles. The van der Waals surface area contributed by atoms with Gasteiger partial charge in [-0.1, -0.05) is 60.1 Å². The summed E-state index contributed by atoms with van der Waals surface area (Å²) < 4.78 is 6.12. The van der Waals surface area contributed by atoms with Gasteiger partial charge < -0.3 is 14.5 Å². The SMILES string of the molecule is Clc1ccc(Oc2ccccc2)c(CCN2CCN(CCCc3ccccc3)CC2)c1. The summed E-state index contributed by atoms with van der Waals surface area (Å²) in [5, 5.41) is 0.763. The Morgan fingerprint density at radius 3 is 2.06 bits per heavy atom. The molecule has 4 rings (SSSR count). The number of hydrogen-bond acceptors (Lipinski definition) is 3. The van der Waals surface area contributed by atoms with Gasteiger partial charge in [0.15, 0.2) is 0 Å². The fourth-order valence-electron chi connectivity index (χ4n) is 4.12. The van der Waals surface area contributed by atoms with Gasteiger partial charge in [-0.15, -0.1) is 0 Å². The number of rotatable bonds is 9. The Kier molecular flexibility index (Phi) is 8.00. The van der Waals surface area contributed by atoms with Crippen molar-refractivity contribution >= 4 is 11.6 Å². The van der Waals surface area contributed by atoms with Crippen LogP contribution in [0.3, 0.4) is 0 Å². The third-order valence-corrected chi connectivity index (χ3v) is 6.17. The van der Waals surface area contributed by atoms with Crippen LogP contribution in [-0.2, 0) is 12.8 Å². The summed E-state index contributed by atoms with van der Waals surface area (Å²) >= 11 is 6.28. The summed E-state index contributed by atoms with van der Waals surface area (Å²) in [5.41, 5.74) is 2.61. The number of benzene rings is 3. The molecule has 1 heterocycles. The van der Waals surface area contributed by atoms with Crippen molar-refractivity contribution in [2.45, 2.75) is 19.3 Å². The molecule has 31 heavy (non-hydrogen) atoms. The Morgan fingerprint density at radius 2 is 1.35 bits per heavy atom. The summed E-state index contributed by atoms with van der Waals surface area (Å²) in [6.07, 6.45) is 3.34. The van der Waals surface area contributed by atoms with Crippen molar-refractivity contribution in [2.24, 2.45) is 0 Å². The molecule has 162 valence electrons. The van der Waals surface area contributed by atoms with Crippen molar-refractivity contribution in [1.82, 2.24) is 9.80 Å². The largest absolute Gasteiger partial charge is 0.457 e. The maximum atomic E-state index is 6.28. The van der Waals surface area contributed by atoms with Crippen LogP contribution in [0.5, 0.6) is 11.5 Å². The molecular weight excluding hydrogens is 404 g/mol. The molecule has 0 N–H and O–H groups in total. The van der Waals surface area contributed by atoms with Crippen molar-refractivity contribution in [3.63, 3.8) is 0 Å². The van der Waals surface area contributed by atoms with E-state index in [1.807, 2.05) is 48.5 Å². The first-order valence-corrected chi connectivity index (χ1v) is 11.6. The standard InChI is InChI=1S/C27H31ClN2O/c28-25-13-14-27(31-26-11-5-2-6-12-26)24(22-25)15-17-30-20-18-29(19-21-30)16-7-10-23-8-3-1-4-9-23/h1-6,8-9,11-14,22H,7,10,15-21H2. The lowest BCUT2D eigenvalue weighted by Crippen LogP contribution is -2.47. The van der Waals surface area contributed by atoms with E-state index >= 15 is 0 Å². The summed E-state index contributed by atoms with van der Waals surface area (Å²) in [4.78, 5) is 5.16. The molecule has 0 aromatic heterocycles. The highest BCUT2D eigenvalue weighted by Gasteiger charge is 2.17. The van der Waals surface area contributed by atoms with Gasteiger partial charge in [0.05, 0.1) is 0 Å². The second-order valence-electron chi connectivity index (χ2n) is 8.19. The molecule has 1 aliphatic rings. The van der Waals surface area contributed by atoms with Crippen LogP contribution < -0.4 is 4.74 Å². The van der Waals surface area contributed by atoms with Crippen LogP contribution in [0.4, 0.5) is 0 Å². The van der Waals surface area contributed by atoms with Crippen molar-refractivity contribution < 1.29 is 4.74 Å². The van der Waals surface area contributed by atoms with E-state index in [0.717, 1.165) is 55.7 Å². The van der Waals surface area contributed by atoms with Crippen molar-refractivity contribution in [2.75, 3.05) is 39.3 Å². The topological polar surface area (TPSA) is 15.7 Å². The van der Waals surface area contributed by atoms with Gasteiger partial charge in [0.2, 0.25) is 0 Å². The van der Waals surface area contributed by atoms with E-state index in [1.165, 1.54) is 30.5 Å². The lowest BCUT2D eigenvalue weighted by Gasteiger charge is -2.34. The molecule has 4 heteroatoms. The van der Waals surface area contributed by atoms with Gasteiger partial charge in [0.1, 0.15) is 11.5 Å². The van der Waals surface area contributed by atoms with E-state index < -0.39 is 0 Å². The summed E-state index contributed by atoms with van der Waals surface area (Å²) in [7, 11) is 0. The molecule has 0 bridgehead atoms. The number of halogens is 1. The van der Waals surface area contributed by atoms with E-state index in [1.54, 1.807) is 0 Å². The van der Waals surface area contributed by atoms with Gasteiger partial charge in [-0.25, -0.2) is 0 Å². The second-order valence-corrected chi connectivity index (χ2v) is 8.63. The molecular formula is C27H31ClN2O. The summed E-state index contributed by atoms with van der Waals surface area (Å²) in [6.45, 7) is 6.77. The monoisotopic (exact) mass is 434 g/mol. The van der Waals surface area contributed by atoms with Gasteiger partial charge in [-0.05, 0) is 67.3 Å². The fraction of sp³-hybridized carbons (Fsp3) is 0.333. The van der Waals surface area contributed by atoms with E-state index in [0.29, 0.717) is 0 Å². The first-order chi connectivity index (χ1) is 15.3. The molecule has 1 fully saturated rings. The Hall–Kier alpha value is -2.33. The van der Waals surface area contributed by atoms with Crippen molar-refractivity contribution in [3.8, 4) is 11.5 Å². The van der Waals surface area contributed by atoms with Crippen LogP contribution in [0, 0.1) is 0 Å². The van der Waals surface area contributed by atoms with E-state index in [4.69, 9.17) is 16.3 Å². The minimum Gasteiger partial charge on any atom is -0.457 e. The zero-order chi connectivity index (χ0) is 21.3. The number of piperazine rings is 1. The molecule has 0 saturated carbocycles.